The number of hydrogen-bond acceptors (Lipinski definition) is 2. The molecule has 0 aromatic heterocycles. The lowest BCUT2D eigenvalue weighted by molar-refractivity contribution is -0.112. The zero-order valence-corrected chi connectivity index (χ0v) is 14.7. The van der Waals surface area contributed by atoms with Gasteiger partial charge >= 0.3 is 0 Å². The first-order chi connectivity index (χ1) is 10.3. The van der Waals surface area contributed by atoms with Crippen LogP contribution in [0.3, 0.4) is 0 Å². The number of hydrogen-bond donors (Lipinski definition) is 0. The van der Waals surface area contributed by atoms with Crippen molar-refractivity contribution in [3.05, 3.63) is 57.1 Å². The summed E-state index contributed by atoms with van der Waals surface area (Å²) in [6.07, 6.45) is 1.72. The van der Waals surface area contributed by atoms with Crippen molar-refractivity contribution in [1.29, 1.82) is 0 Å². The summed E-state index contributed by atoms with van der Waals surface area (Å²) in [5, 5.41) is 0. The third-order valence-corrected chi connectivity index (χ3v) is 4.56. The highest BCUT2D eigenvalue weighted by atomic mass is 79.9. The molecule has 22 heavy (non-hydrogen) atoms. The molecule has 1 aliphatic rings. The molecule has 0 spiro atoms. The average molecular weight is 360 g/mol. The molecule has 0 unspecified atom stereocenters. The molecule has 4 heteroatoms. The number of benzene rings is 1. The molecule has 0 aliphatic heterocycles. The highest BCUT2D eigenvalue weighted by Crippen LogP contribution is 2.28. The summed E-state index contributed by atoms with van der Waals surface area (Å²) in [5.41, 5.74) is 3.52. The molecule has 0 heterocycles. The zero-order valence-electron chi connectivity index (χ0n) is 13.1. The monoisotopic (exact) mass is 359 g/mol. The van der Waals surface area contributed by atoms with Gasteiger partial charge in [0.25, 0.3) is 5.91 Å². The molecule has 1 amide bonds. The van der Waals surface area contributed by atoms with Crippen LogP contribution >= 0.6 is 15.9 Å². The smallest absolute Gasteiger partial charge is 0.277 e. The number of rotatable bonds is 2. The van der Waals surface area contributed by atoms with E-state index in [1.165, 1.54) is 0 Å². The predicted octanol–water partition coefficient (Wildman–Crippen LogP) is 4.41. The van der Waals surface area contributed by atoms with Gasteiger partial charge in [-0.15, -0.1) is 0 Å². The van der Waals surface area contributed by atoms with E-state index in [0.29, 0.717) is 26.9 Å². The van der Waals surface area contributed by atoms with Crippen LogP contribution in [-0.2, 0) is 4.79 Å². The lowest BCUT2D eigenvalue weighted by Gasteiger charge is -2.18. The number of allylic oxidation sites excluding steroid dienone is 4. The summed E-state index contributed by atoms with van der Waals surface area (Å²) in [7, 11) is 0. The number of carbonyl (C=O) groups excluding carboxylic acids is 2. The topological polar surface area (TPSA) is 46.5 Å². The minimum Gasteiger partial charge on any atom is -0.288 e. The Labute approximate surface area is 139 Å². The van der Waals surface area contributed by atoms with Crippen molar-refractivity contribution < 1.29 is 9.59 Å². The third-order valence-electron chi connectivity index (χ3n) is 3.61. The largest absolute Gasteiger partial charge is 0.288 e. The first kappa shape index (κ1) is 16.6. The van der Waals surface area contributed by atoms with Crippen molar-refractivity contribution in [3.63, 3.8) is 0 Å². The second kappa shape index (κ2) is 6.53. The highest BCUT2D eigenvalue weighted by Gasteiger charge is 2.25. The zero-order chi connectivity index (χ0) is 16.4. The summed E-state index contributed by atoms with van der Waals surface area (Å²) in [5.74, 6) is -0.259. The molecule has 1 aromatic carbocycles. The number of aryl methyl sites for hydroxylation is 1. The molecule has 0 fully saturated rings. The Balaban J connectivity index is 2.42. The van der Waals surface area contributed by atoms with E-state index < -0.39 is 0 Å². The Morgan fingerprint density at radius 3 is 2.27 bits per heavy atom. The summed E-state index contributed by atoms with van der Waals surface area (Å²) >= 11 is 3.32. The van der Waals surface area contributed by atoms with Crippen LogP contribution in [0.2, 0.25) is 0 Å². The molecule has 1 aromatic rings. The van der Waals surface area contributed by atoms with Gasteiger partial charge in [0.2, 0.25) is 0 Å². The lowest BCUT2D eigenvalue weighted by Crippen LogP contribution is -2.19. The molecule has 114 valence electrons. The van der Waals surface area contributed by atoms with Gasteiger partial charge in [0, 0.05) is 11.1 Å². The Bertz CT molecular complexity index is 722. The molecule has 2 rings (SSSR count). The Morgan fingerprint density at radius 2 is 1.73 bits per heavy atom. The summed E-state index contributed by atoms with van der Waals surface area (Å²) in [6.45, 7) is 7.65. The molecule has 3 nitrogen and oxygen atoms in total. The number of nitrogens with zero attached hydrogens (tertiary/aromatic N) is 1. The molecular weight excluding hydrogens is 342 g/mol. The van der Waals surface area contributed by atoms with Crippen molar-refractivity contribution >= 4 is 33.3 Å². The first-order valence-corrected chi connectivity index (χ1v) is 7.93. The molecule has 0 bridgehead atoms. The van der Waals surface area contributed by atoms with Crippen LogP contribution in [0.25, 0.3) is 0 Å². The fraction of sp³-hybridized carbons (Fsp3) is 0.278. The van der Waals surface area contributed by atoms with Gasteiger partial charge in [-0.2, -0.15) is 0 Å². The van der Waals surface area contributed by atoms with Crippen LogP contribution in [0.1, 0.15) is 36.7 Å². The molecular formula is C18H18BrNO2. The minimum atomic E-state index is -0.302. The summed E-state index contributed by atoms with van der Waals surface area (Å²) in [4.78, 5) is 28.7. The maximum Gasteiger partial charge on any atom is 0.277 e. The lowest BCUT2D eigenvalue weighted by atomic mass is 9.90. The van der Waals surface area contributed by atoms with Gasteiger partial charge in [-0.3, -0.25) is 9.59 Å². The fourth-order valence-electron chi connectivity index (χ4n) is 2.15. The van der Waals surface area contributed by atoms with E-state index in [4.69, 9.17) is 0 Å². The molecule has 0 saturated carbocycles. The molecule has 0 atom stereocenters. The predicted molar refractivity (Wildman–Crippen MR) is 92.5 cm³/mol. The molecule has 0 N–H and O–H groups in total. The highest BCUT2D eigenvalue weighted by molar-refractivity contribution is 9.12. The van der Waals surface area contributed by atoms with Gasteiger partial charge in [0.15, 0.2) is 5.78 Å². The van der Waals surface area contributed by atoms with Crippen molar-refractivity contribution in [1.82, 2.24) is 0 Å². The molecule has 0 saturated heterocycles. The maximum atomic E-state index is 12.3. The van der Waals surface area contributed by atoms with Gasteiger partial charge in [0.05, 0.1) is 10.2 Å². The van der Waals surface area contributed by atoms with Crippen molar-refractivity contribution in [2.75, 3.05) is 0 Å². The molecule has 1 aliphatic carbocycles. The summed E-state index contributed by atoms with van der Waals surface area (Å²) in [6, 6.07) is 7.28. The number of aliphatic imine (C=N–C) groups is 1. The van der Waals surface area contributed by atoms with Crippen molar-refractivity contribution in [2.24, 2.45) is 10.9 Å². The maximum absolute atomic E-state index is 12.3. The van der Waals surface area contributed by atoms with Crippen molar-refractivity contribution in [2.45, 2.75) is 27.7 Å². The van der Waals surface area contributed by atoms with Crippen LogP contribution in [0.5, 0.6) is 0 Å². The quantitative estimate of drug-likeness (QED) is 0.734. The number of ketones is 1. The third kappa shape index (κ3) is 3.33. The SMILES string of the molecule is CC1=C(Br)C(=O)C(C(C)C)=CC1=NC(=O)c1ccc(C)cc1. The number of Topliss-reactive ketones (excluding diaryl/α,β-unsaturated/α-hetero) is 1. The van der Waals surface area contributed by atoms with E-state index in [1.54, 1.807) is 25.1 Å². The van der Waals surface area contributed by atoms with E-state index >= 15 is 0 Å². The van der Waals surface area contributed by atoms with Crippen LogP contribution in [-0.4, -0.2) is 17.4 Å². The van der Waals surface area contributed by atoms with Gasteiger partial charge in [-0.1, -0.05) is 31.5 Å². The van der Waals surface area contributed by atoms with Gasteiger partial charge in [-0.05, 0) is 59.5 Å². The average Bonchev–Trinajstić information content (AvgIpc) is 2.48. The van der Waals surface area contributed by atoms with E-state index in [9.17, 15) is 9.59 Å². The van der Waals surface area contributed by atoms with Crippen LogP contribution in [0.15, 0.2) is 51.0 Å². The minimum absolute atomic E-state index is 0.0331. The number of carbonyl (C=O) groups is 2. The van der Waals surface area contributed by atoms with Crippen LogP contribution < -0.4 is 0 Å². The Hall–Kier alpha value is -1.81. The normalized spacial score (nSPS) is 17.3. The fourth-order valence-corrected chi connectivity index (χ4v) is 2.58. The van der Waals surface area contributed by atoms with Crippen LogP contribution in [0.4, 0.5) is 0 Å². The van der Waals surface area contributed by atoms with E-state index in [-0.39, 0.29) is 17.6 Å². The number of halogens is 1. The van der Waals surface area contributed by atoms with Gasteiger partial charge < -0.3 is 0 Å². The van der Waals surface area contributed by atoms with E-state index in [0.717, 1.165) is 5.56 Å². The van der Waals surface area contributed by atoms with Crippen LogP contribution in [0, 0.1) is 12.8 Å². The summed E-state index contributed by atoms with van der Waals surface area (Å²) < 4.78 is 0.481. The van der Waals surface area contributed by atoms with Crippen molar-refractivity contribution in [3.8, 4) is 0 Å². The Morgan fingerprint density at radius 1 is 1.14 bits per heavy atom. The van der Waals surface area contributed by atoms with E-state index in [1.807, 2.05) is 32.9 Å². The van der Waals surface area contributed by atoms with Gasteiger partial charge in [0.1, 0.15) is 0 Å². The standard InChI is InChI=1S/C18H18BrNO2/c1-10(2)14-9-15(12(4)16(19)17(14)21)20-18(22)13-7-5-11(3)6-8-13/h5-10H,1-4H3. The second-order valence-corrected chi connectivity index (χ2v) is 6.48. The second-order valence-electron chi connectivity index (χ2n) is 5.69. The van der Waals surface area contributed by atoms with E-state index in [2.05, 4.69) is 20.9 Å². The van der Waals surface area contributed by atoms with Gasteiger partial charge in [-0.25, -0.2) is 4.99 Å². The molecule has 0 radical (unpaired) electrons. The Kier molecular flexibility index (Phi) is 4.91. The number of amides is 1. The first-order valence-electron chi connectivity index (χ1n) is 7.14.